The van der Waals surface area contributed by atoms with Crippen LogP contribution in [0.1, 0.15) is 29.2 Å². The van der Waals surface area contributed by atoms with E-state index >= 15 is 0 Å². The third-order valence-electron chi connectivity index (χ3n) is 3.23. The number of piperazine rings is 1. The smallest absolute Gasteiger partial charge is 0.186 e. The number of aromatic nitrogens is 1. The first-order valence-corrected chi connectivity index (χ1v) is 6.87. The van der Waals surface area contributed by atoms with Gasteiger partial charge in [-0.05, 0) is 20.4 Å². The first kappa shape index (κ1) is 12.5. The summed E-state index contributed by atoms with van der Waals surface area (Å²) in [7, 11) is 2.14. The van der Waals surface area contributed by atoms with Crippen LogP contribution >= 0.6 is 11.3 Å². The van der Waals surface area contributed by atoms with Crippen LogP contribution in [-0.4, -0.2) is 48.9 Å². The zero-order valence-electron chi connectivity index (χ0n) is 10.6. The lowest BCUT2D eigenvalue weighted by Crippen LogP contribution is -2.50. The van der Waals surface area contributed by atoms with Crippen molar-refractivity contribution in [2.75, 3.05) is 31.6 Å². The lowest BCUT2D eigenvalue weighted by molar-refractivity contribution is 0.112. The molecule has 0 aromatic carbocycles. The number of thiazole rings is 1. The Kier molecular flexibility index (Phi) is 3.79. The molecule has 17 heavy (non-hydrogen) atoms. The number of rotatable bonds is 3. The third-order valence-corrected chi connectivity index (χ3v) is 4.29. The maximum atomic E-state index is 11.0. The number of anilines is 1. The topological polar surface area (TPSA) is 36.4 Å². The Hall–Kier alpha value is -0.940. The Labute approximate surface area is 106 Å². The van der Waals surface area contributed by atoms with E-state index in [4.69, 9.17) is 0 Å². The summed E-state index contributed by atoms with van der Waals surface area (Å²) in [6, 6.07) is 0.462. The maximum absolute atomic E-state index is 11.0. The normalized spacial score (nSPS) is 21.8. The number of aryl methyl sites for hydroxylation is 1. The predicted octanol–water partition coefficient (Wildman–Crippen LogP) is 1.66. The van der Waals surface area contributed by atoms with Crippen LogP contribution in [0.3, 0.4) is 0 Å². The highest BCUT2D eigenvalue weighted by Crippen LogP contribution is 2.28. The van der Waals surface area contributed by atoms with Crippen molar-refractivity contribution in [3.63, 3.8) is 0 Å². The number of carbonyl (C=O) groups is 1. The van der Waals surface area contributed by atoms with Crippen molar-refractivity contribution in [2.45, 2.75) is 26.3 Å². The quantitative estimate of drug-likeness (QED) is 0.768. The van der Waals surface area contributed by atoms with Gasteiger partial charge in [-0.1, -0.05) is 18.3 Å². The molecule has 1 saturated heterocycles. The lowest BCUT2D eigenvalue weighted by Gasteiger charge is -2.38. The van der Waals surface area contributed by atoms with Gasteiger partial charge in [-0.15, -0.1) is 0 Å². The van der Waals surface area contributed by atoms with Crippen LogP contribution in [0.4, 0.5) is 5.13 Å². The number of nitrogens with zero attached hydrogens (tertiary/aromatic N) is 3. The molecule has 94 valence electrons. The second-order valence-electron chi connectivity index (χ2n) is 4.58. The summed E-state index contributed by atoms with van der Waals surface area (Å²) in [5.41, 5.74) is 0.936. The minimum atomic E-state index is 0.462. The van der Waals surface area contributed by atoms with E-state index < -0.39 is 0 Å². The molecule has 0 N–H and O–H groups in total. The highest BCUT2D eigenvalue weighted by atomic mass is 32.1. The predicted molar refractivity (Wildman–Crippen MR) is 71.2 cm³/mol. The second kappa shape index (κ2) is 5.14. The number of aldehydes is 1. The fourth-order valence-corrected chi connectivity index (χ4v) is 3.34. The molecule has 1 aromatic heterocycles. The van der Waals surface area contributed by atoms with Crippen LogP contribution in [-0.2, 0) is 6.42 Å². The van der Waals surface area contributed by atoms with Crippen molar-refractivity contribution in [1.29, 1.82) is 0 Å². The summed E-state index contributed by atoms with van der Waals surface area (Å²) in [6.45, 7) is 7.36. The molecule has 1 aliphatic rings. The van der Waals surface area contributed by atoms with Gasteiger partial charge in [-0.2, -0.15) is 0 Å². The first-order chi connectivity index (χ1) is 8.15. The Morgan fingerprint density at radius 2 is 2.29 bits per heavy atom. The van der Waals surface area contributed by atoms with E-state index in [0.717, 1.165) is 48.0 Å². The molecule has 0 amide bonds. The zero-order valence-corrected chi connectivity index (χ0v) is 11.5. The van der Waals surface area contributed by atoms with Gasteiger partial charge < -0.3 is 9.80 Å². The summed E-state index contributed by atoms with van der Waals surface area (Å²) in [5, 5.41) is 1.00. The molecule has 0 aliphatic carbocycles. The van der Waals surface area contributed by atoms with Crippen molar-refractivity contribution in [1.82, 2.24) is 9.88 Å². The van der Waals surface area contributed by atoms with Gasteiger partial charge >= 0.3 is 0 Å². The molecule has 1 aromatic rings. The van der Waals surface area contributed by atoms with Crippen LogP contribution in [0, 0.1) is 0 Å². The van der Waals surface area contributed by atoms with Gasteiger partial charge in [-0.3, -0.25) is 4.79 Å². The molecule has 2 heterocycles. The summed E-state index contributed by atoms with van der Waals surface area (Å²) in [5.74, 6) is 0. The molecule has 1 fully saturated rings. The number of carbonyl (C=O) groups excluding carboxylic acids is 1. The van der Waals surface area contributed by atoms with Crippen molar-refractivity contribution in [2.24, 2.45) is 0 Å². The Morgan fingerprint density at radius 3 is 2.82 bits per heavy atom. The monoisotopic (exact) mass is 253 g/mol. The van der Waals surface area contributed by atoms with Crippen LogP contribution < -0.4 is 4.90 Å². The van der Waals surface area contributed by atoms with Gasteiger partial charge in [-0.25, -0.2) is 4.98 Å². The molecule has 0 bridgehead atoms. The summed E-state index contributed by atoms with van der Waals surface area (Å²) < 4.78 is 0. The number of hydrogen-bond donors (Lipinski definition) is 0. The Morgan fingerprint density at radius 1 is 1.53 bits per heavy atom. The van der Waals surface area contributed by atoms with E-state index in [-0.39, 0.29) is 0 Å². The molecule has 2 rings (SSSR count). The molecule has 5 heteroatoms. The van der Waals surface area contributed by atoms with Gasteiger partial charge in [0.1, 0.15) is 0 Å². The minimum absolute atomic E-state index is 0.462. The van der Waals surface area contributed by atoms with Crippen molar-refractivity contribution in [3.05, 3.63) is 10.6 Å². The molecule has 0 spiro atoms. The van der Waals surface area contributed by atoms with E-state index in [1.54, 1.807) is 0 Å². The van der Waals surface area contributed by atoms with Crippen LogP contribution in [0.25, 0.3) is 0 Å². The third kappa shape index (κ3) is 2.50. The van der Waals surface area contributed by atoms with Crippen LogP contribution in [0.5, 0.6) is 0 Å². The zero-order chi connectivity index (χ0) is 12.4. The first-order valence-electron chi connectivity index (χ1n) is 6.05. The van der Waals surface area contributed by atoms with E-state index in [0.29, 0.717) is 6.04 Å². The largest absolute Gasteiger partial charge is 0.343 e. The highest BCUT2D eigenvalue weighted by molar-refractivity contribution is 7.17. The minimum Gasteiger partial charge on any atom is -0.343 e. The van der Waals surface area contributed by atoms with E-state index in [9.17, 15) is 4.79 Å². The fourth-order valence-electron chi connectivity index (χ4n) is 2.24. The molecule has 1 aliphatic heterocycles. The van der Waals surface area contributed by atoms with Crippen LogP contribution in [0.2, 0.25) is 0 Å². The molecule has 1 atom stereocenters. The molecule has 0 radical (unpaired) electrons. The SMILES string of the molecule is CCc1nc(N2CCN(C)CC2C)sc1C=O. The van der Waals surface area contributed by atoms with Gasteiger partial charge in [0.2, 0.25) is 0 Å². The van der Waals surface area contributed by atoms with E-state index in [2.05, 4.69) is 28.8 Å². The standard InChI is InChI=1S/C12H19N3OS/c1-4-10-11(8-16)17-12(13-10)15-6-5-14(3)7-9(15)2/h8-9H,4-7H2,1-3H3. The number of likely N-dealkylation sites (N-methyl/N-ethyl adjacent to an activating group) is 1. The van der Waals surface area contributed by atoms with Gasteiger partial charge in [0.15, 0.2) is 11.4 Å². The second-order valence-corrected chi connectivity index (χ2v) is 5.59. The Balaban J connectivity index is 2.21. The Bertz CT molecular complexity index is 404. The van der Waals surface area contributed by atoms with Gasteiger partial charge in [0.25, 0.3) is 0 Å². The summed E-state index contributed by atoms with van der Waals surface area (Å²) in [4.78, 5) is 21.0. The van der Waals surface area contributed by atoms with Crippen molar-refractivity contribution < 1.29 is 4.79 Å². The maximum Gasteiger partial charge on any atom is 0.186 e. The average molecular weight is 253 g/mol. The molecular formula is C12H19N3OS. The molecule has 0 saturated carbocycles. The number of hydrogen-bond acceptors (Lipinski definition) is 5. The average Bonchev–Trinajstić information content (AvgIpc) is 2.72. The van der Waals surface area contributed by atoms with Crippen molar-refractivity contribution in [3.8, 4) is 0 Å². The fraction of sp³-hybridized carbons (Fsp3) is 0.667. The van der Waals surface area contributed by atoms with Gasteiger partial charge in [0.05, 0.1) is 10.6 Å². The van der Waals surface area contributed by atoms with E-state index in [1.807, 2.05) is 6.92 Å². The van der Waals surface area contributed by atoms with E-state index in [1.165, 1.54) is 11.3 Å². The molecule has 1 unspecified atom stereocenters. The van der Waals surface area contributed by atoms with Crippen molar-refractivity contribution >= 4 is 22.8 Å². The van der Waals surface area contributed by atoms with Crippen LogP contribution in [0.15, 0.2) is 0 Å². The van der Waals surface area contributed by atoms with Gasteiger partial charge in [0, 0.05) is 25.7 Å². The highest BCUT2D eigenvalue weighted by Gasteiger charge is 2.24. The molecular weight excluding hydrogens is 234 g/mol. The summed E-state index contributed by atoms with van der Waals surface area (Å²) >= 11 is 1.52. The summed E-state index contributed by atoms with van der Waals surface area (Å²) in [6.07, 6.45) is 1.76. The lowest BCUT2D eigenvalue weighted by atomic mass is 10.2. The molecule has 4 nitrogen and oxygen atoms in total.